The van der Waals surface area contributed by atoms with Crippen LogP contribution in [0.25, 0.3) is 0 Å². The normalized spacial score (nSPS) is 14.4. The highest BCUT2D eigenvalue weighted by molar-refractivity contribution is 8.23. The van der Waals surface area contributed by atoms with Gasteiger partial charge in [-0.2, -0.15) is 11.8 Å². The molecular formula is C14H20N2OS4. The van der Waals surface area contributed by atoms with E-state index in [0.717, 1.165) is 35.5 Å². The third-order valence-corrected chi connectivity index (χ3v) is 6.67. The van der Waals surface area contributed by atoms with Crippen molar-refractivity contribution in [2.75, 3.05) is 31.1 Å². The van der Waals surface area contributed by atoms with E-state index in [-0.39, 0.29) is 5.91 Å². The monoisotopic (exact) mass is 360 g/mol. The molecule has 2 rings (SSSR count). The summed E-state index contributed by atoms with van der Waals surface area (Å²) in [6.45, 7) is 2.82. The van der Waals surface area contributed by atoms with Crippen LogP contribution in [-0.2, 0) is 10.5 Å². The van der Waals surface area contributed by atoms with Crippen LogP contribution in [0.1, 0.15) is 17.7 Å². The molecule has 0 saturated carbocycles. The van der Waals surface area contributed by atoms with Crippen molar-refractivity contribution in [2.45, 2.75) is 18.6 Å². The molecule has 1 aliphatic rings. The van der Waals surface area contributed by atoms with Gasteiger partial charge < -0.3 is 10.2 Å². The molecule has 1 saturated heterocycles. The summed E-state index contributed by atoms with van der Waals surface area (Å²) in [4.78, 5) is 15.3. The lowest BCUT2D eigenvalue weighted by molar-refractivity contribution is -0.118. The fraction of sp³-hybridized carbons (Fsp3) is 0.571. The molecule has 1 aliphatic heterocycles. The Balaban J connectivity index is 1.48. The fourth-order valence-electron chi connectivity index (χ4n) is 2.00. The molecule has 0 bridgehead atoms. The predicted molar refractivity (Wildman–Crippen MR) is 99.4 cm³/mol. The lowest BCUT2D eigenvalue weighted by Crippen LogP contribution is -2.30. The zero-order chi connectivity index (χ0) is 14.9. The van der Waals surface area contributed by atoms with Crippen molar-refractivity contribution in [1.82, 2.24) is 10.2 Å². The second-order valence-electron chi connectivity index (χ2n) is 4.73. The van der Waals surface area contributed by atoms with Gasteiger partial charge in [0.2, 0.25) is 5.91 Å². The van der Waals surface area contributed by atoms with Crippen molar-refractivity contribution in [3.63, 3.8) is 0 Å². The summed E-state index contributed by atoms with van der Waals surface area (Å²) in [5.74, 6) is 2.50. The van der Waals surface area contributed by atoms with E-state index in [0.29, 0.717) is 5.75 Å². The average molecular weight is 361 g/mol. The Morgan fingerprint density at radius 1 is 1.43 bits per heavy atom. The van der Waals surface area contributed by atoms with Gasteiger partial charge in [0, 0.05) is 36.0 Å². The smallest absolute Gasteiger partial charge is 0.230 e. The van der Waals surface area contributed by atoms with Crippen molar-refractivity contribution >= 4 is 57.3 Å². The first kappa shape index (κ1) is 17.1. The van der Waals surface area contributed by atoms with Gasteiger partial charge in [-0.25, -0.2) is 0 Å². The fourth-order valence-corrected chi connectivity index (χ4v) is 4.78. The molecule has 0 unspecified atom stereocenters. The van der Waals surface area contributed by atoms with Crippen molar-refractivity contribution in [3.8, 4) is 0 Å². The van der Waals surface area contributed by atoms with Gasteiger partial charge >= 0.3 is 0 Å². The van der Waals surface area contributed by atoms with Crippen molar-refractivity contribution in [1.29, 1.82) is 0 Å². The highest BCUT2D eigenvalue weighted by Gasteiger charge is 2.15. The number of nitrogens with one attached hydrogen (secondary N) is 1. The predicted octanol–water partition coefficient (Wildman–Crippen LogP) is 3.21. The number of thiocarbonyl (C=S) groups is 1. The Bertz CT molecular complexity index is 444. The molecule has 7 heteroatoms. The molecule has 2 heterocycles. The molecule has 1 N–H and O–H groups in total. The standard InChI is InChI=1S/C14H20N2OS4/c17-13(11-21-14(18)16-6-1-2-7-16)15-5-9-19-10-12-4-3-8-20-12/h3-4,8H,1-2,5-7,9-11H2,(H,15,17). The highest BCUT2D eigenvalue weighted by Crippen LogP contribution is 2.17. The van der Waals surface area contributed by atoms with Gasteiger partial charge in [0.25, 0.3) is 0 Å². The van der Waals surface area contributed by atoms with Crippen LogP contribution in [0.15, 0.2) is 17.5 Å². The van der Waals surface area contributed by atoms with Gasteiger partial charge in [-0.1, -0.05) is 30.0 Å². The number of hydrogen-bond acceptors (Lipinski definition) is 5. The molecule has 3 nitrogen and oxygen atoms in total. The second kappa shape index (κ2) is 9.71. The number of thioether (sulfide) groups is 2. The summed E-state index contributed by atoms with van der Waals surface area (Å²) in [5.41, 5.74) is 0. The summed E-state index contributed by atoms with van der Waals surface area (Å²) in [6, 6.07) is 4.22. The summed E-state index contributed by atoms with van der Waals surface area (Å²) >= 11 is 10.5. The molecule has 0 spiro atoms. The van der Waals surface area contributed by atoms with Crippen molar-refractivity contribution in [3.05, 3.63) is 22.4 Å². The Labute approximate surface area is 144 Å². The molecule has 1 aromatic heterocycles. The van der Waals surface area contributed by atoms with E-state index in [1.165, 1.54) is 29.5 Å². The number of carbonyl (C=O) groups is 1. The number of rotatable bonds is 7. The van der Waals surface area contributed by atoms with Crippen molar-refractivity contribution < 1.29 is 4.79 Å². The molecule has 0 aliphatic carbocycles. The quantitative estimate of drug-likeness (QED) is 0.596. The third-order valence-electron chi connectivity index (χ3n) is 3.08. The van der Waals surface area contributed by atoms with Crippen LogP contribution in [0.3, 0.4) is 0 Å². The van der Waals surface area contributed by atoms with Gasteiger partial charge in [0.1, 0.15) is 4.32 Å². The van der Waals surface area contributed by atoms with E-state index in [1.54, 1.807) is 11.3 Å². The molecule has 0 atom stereocenters. The van der Waals surface area contributed by atoms with Gasteiger partial charge in [-0.15, -0.1) is 11.3 Å². The molecular weight excluding hydrogens is 340 g/mol. The average Bonchev–Trinajstić information content (AvgIpc) is 3.17. The Morgan fingerprint density at radius 2 is 2.24 bits per heavy atom. The lowest BCUT2D eigenvalue weighted by atomic mass is 10.4. The highest BCUT2D eigenvalue weighted by atomic mass is 32.2. The Kier molecular flexibility index (Phi) is 7.92. The number of likely N-dealkylation sites (tertiary alicyclic amines) is 1. The summed E-state index contributed by atoms with van der Waals surface area (Å²) < 4.78 is 0.870. The van der Waals surface area contributed by atoms with Crippen LogP contribution >= 0.6 is 47.1 Å². The molecule has 21 heavy (non-hydrogen) atoms. The largest absolute Gasteiger partial charge is 0.358 e. The molecule has 116 valence electrons. The first-order valence-corrected chi connectivity index (χ1v) is 10.5. The van der Waals surface area contributed by atoms with Gasteiger partial charge in [0.15, 0.2) is 0 Å². The van der Waals surface area contributed by atoms with E-state index < -0.39 is 0 Å². The Morgan fingerprint density at radius 3 is 2.95 bits per heavy atom. The number of hydrogen-bond donors (Lipinski definition) is 1. The molecule has 1 fully saturated rings. The molecule has 1 aromatic rings. The zero-order valence-electron chi connectivity index (χ0n) is 11.9. The van der Waals surface area contributed by atoms with Crippen LogP contribution in [0.5, 0.6) is 0 Å². The van der Waals surface area contributed by atoms with E-state index in [2.05, 4.69) is 27.7 Å². The third kappa shape index (κ3) is 6.59. The van der Waals surface area contributed by atoms with Crippen LogP contribution in [0.4, 0.5) is 0 Å². The van der Waals surface area contributed by atoms with E-state index >= 15 is 0 Å². The second-order valence-corrected chi connectivity index (χ2v) is 8.48. The van der Waals surface area contributed by atoms with E-state index in [4.69, 9.17) is 12.2 Å². The van der Waals surface area contributed by atoms with Crippen LogP contribution < -0.4 is 5.32 Å². The van der Waals surface area contributed by atoms with Crippen LogP contribution in [0.2, 0.25) is 0 Å². The maximum atomic E-state index is 11.7. The lowest BCUT2D eigenvalue weighted by Gasteiger charge is -2.17. The van der Waals surface area contributed by atoms with Gasteiger partial charge in [-0.3, -0.25) is 4.79 Å². The van der Waals surface area contributed by atoms with E-state index in [9.17, 15) is 4.79 Å². The number of nitrogens with zero attached hydrogens (tertiary/aromatic N) is 1. The molecule has 1 amide bonds. The summed E-state index contributed by atoms with van der Waals surface area (Å²) in [6.07, 6.45) is 2.43. The first-order valence-electron chi connectivity index (χ1n) is 7.04. The summed E-state index contributed by atoms with van der Waals surface area (Å²) in [5, 5.41) is 5.05. The molecule has 0 aromatic carbocycles. The Hall–Kier alpha value is -0.240. The maximum absolute atomic E-state index is 11.7. The molecule has 0 radical (unpaired) electrons. The van der Waals surface area contributed by atoms with Gasteiger partial charge in [-0.05, 0) is 24.3 Å². The zero-order valence-corrected chi connectivity index (χ0v) is 15.1. The minimum absolute atomic E-state index is 0.0817. The SMILES string of the molecule is O=C(CSC(=S)N1CCCC1)NCCSCc1cccs1. The van der Waals surface area contributed by atoms with Crippen LogP contribution in [-0.4, -0.2) is 46.3 Å². The number of amides is 1. The minimum Gasteiger partial charge on any atom is -0.358 e. The minimum atomic E-state index is 0.0817. The van der Waals surface area contributed by atoms with E-state index in [1.807, 2.05) is 11.8 Å². The number of thiophene rings is 1. The van der Waals surface area contributed by atoms with Crippen molar-refractivity contribution in [2.24, 2.45) is 0 Å². The van der Waals surface area contributed by atoms with Gasteiger partial charge in [0.05, 0.1) is 5.75 Å². The van der Waals surface area contributed by atoms with Crippen LogP contribution in [0, 0.1) is 0 Å². The topological polar surface area (TPSA) is 32.3 Å². The summed E-state index contributed by atoms with van der Waals surface area (Å²) in [7, 11) is 0. The first-order chi connectivity index (χ1) is 10.3. The maximum Gasteiger partial charge on any atom is 0.230 e. The number of carbonyl (C=O) groups excluding carboxylic acids is 1.